The van der Waals surface area contributed by atoms with Crippen molar-refractivity contribution in [1.29, 1.82) is 0 Å². The molecule has 1 atom stereocenters. The fraction of sp³-hybridized carbons (Fsp3) is 0.640. The summed E-state index contributed by atoms with van der Waals surface area (Å²) >= 11 is 2.13. The molecule has 1 heterocycles. The first-order chi connectivity index (χ1) is 13.6. The zero-order valence-corrected chi connectivity index (χ0v) is 18.6. The summed E-state index contributed by atoms with van der Waals surface area (Å²) in [5, 5.41) is 0.608. The number of carbonyl (C=O) groups is 1. The third kappa shape index (κ3) is 5.89. The Labute approximate surface area is 176 Å². The van der Waals surface area contributed by atoms with Crippen molar-refractivity contribution in [3.05, 3.63) is 41.5 Å². The molecule has 0 aromatic heterocycles. The highest BCUT2D eigenvalue weighted by molar-refractivity contribution is 8.00. The number of carbonyl (C=O) groups excluding carboxylic acids is 1. The van der Waals surface area contributed by atoms with Gasteiger partial charge in [-0.25, -0.2) is 0 Å². The number of aryl methyl sites for hydroxylation is 1. The molecule has 1 aliphatic heterocycles. The molecule has 154 valence electrons. The Kier molecular flexibility index (Phi) is 8.08. The summed E-state index contributed by atoms with van der Waals surface area (Å²) in [6.45, 7) is 5.89. The van der Waals surface area contributed by atoms with Gasteiger partial charge < -0.3 is 4.90 Å². The molecule has 1 unspecified atom stereocenters. The molecule has 1 spiro atoms. The van der Waals surface area contributed by atoms with Crippen molar-refractivity contribution in [1.82, 2.24) is 4.90 Å². The topological polar surface area (TPSA) is 20.3 Å². The lowest BCUT2D eigenvalue weighted by Gasteiger charge is -2.29. The summed E-state index contributed by atoms with van der Waals surface area (Å²) in [6.07, 6.45) is 16.4. The van der Waals surface area contributed by atoms with Crippen molar-refractivity contribution < 1.29 is 4.79 Å². The highest BCUT2D eigenvalue weighted by atomic mass is 32.2. The summed E-state index contributed by atoms with van der Waals surface area (Å²) in [7, 11) is 0. The molecule has 0 bridgehead atoms. The molecule has 2 aliphatic rings. The molecular formula is C25H37NOS. The molecule has 1 amide bonds. The maximum atomic E-state index is 12.8. The number of nitrogens with zero attached hydrogens (tertiary/aromatic N) is 1. The molecule has 1 aliphatic carbocycles. The zero-order chi connectivity index (χ0) is 19.8. The predicted octanol–water partition coefficient (Wildman–Crippen LogP) is 6.48. The minimum Gasteiger partial charge on any atom is -0.338 e. The predicted molar refractivity (Wildman–Crippen MR) is 123 cm³/mol. The first-order valence-corrected chi connectivity index (χ1v) is 12.3. The van der Waals surface area contributed by atoms with E-state index in [9.17, 15) is 4.79 Å². The van der Waals surface area contributed by atoms with Crippen LogP contribution in [-0.4, -0.2) is 34.9 Å². The van der Waals surface area contributed by atoms with Crippen LogP contribution in [0.4, 0.5) is 0 Å². The Hall–Kier alpha value is -1.22. The fourth-order valence-corrected chi connectivity index (χ4v) is 6.61. The van der Waals surface area contributed by atoms with Gasteiger partial charge in [-0.1, -0.05) is 62.8 Å². The van der Waals surface area contributed by atoms with Crippen molar-refractivity contribution in [3.63, 3.8) is 0 Å². The molecule has 1 aromatic carbocycles. The van der Waals surface area contributed by atoms with Gasteiger partial charge in [-0.15, -0.1) is 0 Å². The molecule has 3 rings (SSSR count). The number of likely N-dealkylation sites (N-methyl/N-ethyl adjacent to an activating group) is 1. The number of rotatable bonds is 5. The van der Waals surface area contributed by atoms with Crippen LogP contribution in [0.15, 0.2) is 30.3 Å². The smallest absolute Gasteiger partial charge is 0.246 e. The van der Waals surface area contributed by atoms with Gasteiger partial charge in [0.1, 0.15) is 0 Å². The van der Waals surface area contributed by atoms with Crippen LogP contribution < -0.4 is 0 Å². The van der Waals surface area contributed by atoms with E-state index in [-0.39, 0.29) is 5.91 Å². The first-order valence-electron chi connectivity index (χ1n) is 11.3. The van der Waals surface area contributed by atoms with Crippen LogP contribution >= 0.6 is 11.8 Å². The van der Waals surface area contributed by atoms with Crippen molar-refractivity contribution in [2.45, 2.75) is 76.9 Å². The van der Waals surface area contributed by atoms with Crippen molar-refractivity contribution in [3.8, 4) is 0 Å². The van der Waals surface area contributed by atoms with Crippen LogP contribution in [-0.2, 0) is 4.79 Å². The van der Waals surface area contributed by atoms with Crippen LogP contribution in [0.1, 0.15) is 75.8 Å². The van der Waals surface area contributed by atoms with Crippen LogP contribution in [0.3, 0.4) is 0 Å². The highest BCUT2D eigenvalue weighted by Gasteiger charge is 2.39. The van der Waals surface area contributed by atoms with Crippen LogP contribution in [0.25, 0.3) is 6.08 Å². The van der Waals surface area contributed by atoms with E-state index in [1.54, 1.807) is 6.08 Å². The monoisotopic (exact) mass is 399 g/mol. The van der Waals surface area contributed by atoms with E-state index in [0.717, 1.165) is 18.7 Å². The molecular weight excluding hydrogens is 362 g/mol. The highest BCUT2D eigenvalue weighted by Crippen LogP contribution is 2.48. The van der Waals surface area contributed by atoms with E-state index in [4.69, 9.17) is 0 Å². The molecule has 0 N–H and O–H groups in total. The van der Waals surface area contributed by atoms with Gasteiger partial charge in [0.15, 0.2) is 0 Å². The quantitative estimate of drug-likeness (QED) is 0.528. The standard InChI is InChI=1S/C25H37NOS/c1-3-26(24(27)15-14-22-13-9-8-12-21(22)2)19-23-18-25(20-28-23)16-10-6-4-5-7-11-17-25/h8-9,12-15,23H,3-7,10-11,16-20H2,1-2H3. The SMILES string of the molecule is CCN(CC1CC2(CCCCCCCC2)CS1)C(=O)C=Cc1ccccc1C. The Bertz CT molecular complexity index is 658. The van der Waals surface area contributed by atoms with Gasteiger partial charge in [0, 0.05) is 24.4 Å². The van der Waals surface area contributed by atoms with Gasteiger partial charge >= 0.3 is 0 Å². The molecule has 28 heavy (non-hydrogen) atoms. The molecule has 1 aromatic rings. The van der Waals surface area contributed by atoms with Gasteiger partial charge in [0.2, 0.25) is 5.91 Å². The lowest BCUT2D eigenvalue weighted by molar-refractivity contribution is -0.125. The van der Waals surface area contributed by atoms with Gasteiger partial charge in [0.25, 0.3) is 0 Å². The van der Waals surface area contributed by atoms with Crippen molar-refractivity contribution >= 4 is 23.7 Å². The van der Waals surface area contributed by atoms with Gasteiger partial charge in [-0.05, 0) is 61.5 Å². The van der Waals surface area contributed by atoms with E-state index >= 15 is 0 Å². The maximum absolute atomic E-state index is 12.8. The second kappa shape index (κ2) is 10.5. The first kappa shape index (κ1) is 21.5. The van der Waals surface area contributed by atoms with Crippen LogP contribution in [0, 0.1) is 12.3 Å². The van der Waals surface area contributed by atoms with E-state index in [2.05, 4.69) is 37.7 Å². The number of thioether (sulfide) groups is 1. The lowest BCUT2D eigenvalue weighted by Crippen LogP contribution is -2.35. The number of benzene rings is 1. The Morgan fingerprint density at radius 3 is 2.50 bits per heavy atom. The largest absolute Gasteiger partial charge is 0.338 e. The molecule has 0 radical (unpaired) electrons. The number of hydrogen-bond acceptors (Lipinski definition) is 2. The number of amides is 1. The molecule has 2 nitrogen and oxygen atoms in total. The third-order valence-corrected chi connectivity index (χ3v) is 8.23. The second-order valence-electron chi connectivity index (χ2n) is 8.83. The number of hydrogen-bond donors (Lipinski definition) is 0. The normalized spacial score (nSPS) is 22.7. The lowest BCUT2D eigenvalue weighted by atomic mass is 9.77. The van der Waals surface area contributed by atoms with Crippen LogP contribution in [0.2, 0.25) is 0 Å². The molecule has 2 fully saturated rings. The fourth-order valence-electron chi connectivity index (χ4n) is 4.85. The van der Waals surface area contributed by atoms with E-state index in [1.807, 2.05) is 23.1 Å². The Balaban J connectivity index is 1.57. The van der Waals surface area contributed by atoms with E-state index in [1.165, 1.54) is 69.1 Å². The van der Waals surface area contributed by atoms with Crippen molar-refractivity contribution in [2.75, 3.05) is 18.8 Å². The van der Waals surface area contributed by atoms with Crippen molar-refractivity contribution in [2.24, 2.45) is 5.41 Å². The maximum Gasteiger partial charge on any atom is 0.246 e. The average Bonchev–Trinajstić information content (AvgIpc) is 3.14. The van der Waals surface area contributed by atoms with Gasteiger partial charge in [-0.2, -0.15) is 11.8 Å². The zero-order valence-electron chi connectivity index (χ0n) is 17.8. The minimum atomic E-state index is 0.154. The summed E-state index contributed by atoms with van der Waals surface area (Å²) in [4.78, 5) is 14.8. The minimum absolute atomic E-state index is 0.154. The second-order valence-corrected chi connectivity index (χ2v) is 10.1. The summed E-state index contributed by atoms with van der Waals surface area (Å²) in [5.41, 5.74) is 2.90. The van der Waals surface area contributed by atoms with E-state index < -0.39 is 0 Å². The van der Waals surface area contributed by atoms with E-state index in [0.29, 0.717) is 10.7 Å². The molecule has 1 saturated carbocycles. The Morgan fingerprint density at radius 2 is 1.82 bits per heavy atom. The van der Waals surface area contributed by atoms with Gasteiger partial charge in [0.05, 0.1) is 0 Å². The summed E-state index contributed by atoms with van der Waals surface area (Å²) < 4.78 is 0. The third-order valence-electron chi connectivity index (χ3n) is 6.66. The summed E-state index contributed by atoms with van der Waals surface area (Å²) in [6, 6.07) is 8.23. The summed E-state index contributed by atoms with van der Waals surface area (Å²) in [5.74, 6) is 1.46. The molecule has 3 heteroatoms. The Morgan fingerprint density at radius 1 is 1.14 bits per heavy atom. The molecule has 1 saturated heterocycles. The van der Waals surface area contributed by atoms with Gasteiger partial charge in [-0.3, -0.25) is 4.79 Å². The average molecular weight is 400 g/mol. The van der Waals surface area contributed by atoms with Crippen LogP contribution in [0.5, 0.6) is 0 Å².